The zero-order chi connectivity index (χ0) is 15.6. The van der Waals surface area contributed by atoms with Crippen LogP contribution in [-0.2, 0) is 9.53 Å². The number of morpholine rings is 1. The van der Waals surface area contributed by atoms with Gasteiger partial charge in [-0.25, -0.2) is 0 Å². The number of hydrogen-bond acceptors (Lipinski definition) is 4. The molecular formula is C16H25N3O2. The number of amides is 1. The first kappa shape index (κ1) is 15.8. The minimum Gasteiger partial charge on any atom is -0.399 e. The van der Waals surface area contributed by atoms with Crippen LogP contribution in [0.1, 0.15) is 26.3 Å². The number of hydrogen-bond donors (Lipinski definition) is 2. The first-order valence-corrected chi connectivity index (χ1v) is 7.43. The zero-order valence-electron chi connectivity index (χ0n) is 13.2. The van der Waals surface area contributed by atoms with Gasteiger partial charge < -0.3 is 15.8 Å². The van der Waals surface area contributed by atoms with Crippen molar-refractivity contribution in [2.45, 2.75) is 45.9 Å². The fraction of sp³-hybridized carbons (Fsp3) is 0.562. The Labute approximate surface area is 126 Å². The van der Waals surface area contributed by atoms with Crippen LogP contribution in [0.4, 0.5) is 11.4 Å². The Kier molecular flexibility index (Phi) is 4.85. The summed E-state index contributed by atoms with van der Waals surface area (Å²) < 4.78 is 5.71. The van der Waals surface area contributed by atoms with Gasteiger partial charge in [0.15, 0.2) is 0 Å². The minimum absolute atomic E-state index is 0.00926. The van der Waals surface area contributed by atoms with E-state index in [0.717, 1.165) is 24.3 Å². The molecule has 1 saturated heterocycles. The lowest BCUT2D eigenvalue weighted by Gasteiger charge is -2.38. The van der Waals surface area contributed by atoms with Crippen molar-refractivity contribution >= 4 is 17.3 Å². The molecule has 0 aliphatic carbocycles. The van der Waals surface area contributed by atoms with Gasteiger partial charge in [-0.1, -0.05) is 6.07 Å². The highest BCUT2D eigenvalue weighted by Crippen LogP contribution is 2.20. The summed E-state index contributed by atoms with van der Waals surface area (Å²) in [6, 6.07) is 5.35. The number of benzene rings is 1. The van der Waals surface area contributed by atoms with E-state index in [1.54, 1.807) is 6.07 Å². The van der Waals surface area contributed by atoms with Gasteiger partial charge in [0, 0.05) is 24.5 Å². The molecule has 1 unspecified atom stereocenters. The van der Waals surface area contributed by atoms with Crippen molar-refractivity contribution in [2.24, 2.45) is 0 Å². The van der Waals surface area contributed by atoms with Crippen molar-refractivity contribution in [3.63, 3.8) is 0 Å². The summed E-state index contributed by atoms with van der Waals surface area (Å²) in [5, 5.41) is 2.98. The predicted molar refractivity (Wildman–Crippen MR) is 85.3 cm³/mol. The van der Waals surface area contributed by atoms with Gasteiger partial charge in [0.2, 0.25) is 5.91 Å². The van der Waals surface area contributed by atoms with Crippen LogP contribution in [0.5, 0.6) is 0 Å². The van der Waals surface area contributed by atoms with Gasteiger partial charge in [0.1, 0.15) is 0 Å². The lowest BCUT2D eigenvalue weighted by Crippen LogP contribution is -2.52. The van der Waals surface area contributed by atoms with Gasteiger partial charge in [-0.15, -0.1) is 0 Å². The molecule has 1 aliphatic rings. The third-order valence-corrected chi connectivity index (χ3v) is 3.89. The van der Waals surface area contributed by atoms with Crippen LogP contribution in [0, 0.1) is 6.92 Å². The molecule has 1 aromatic rings. The molecule has 3 N–H and O–H groups in total. The van der Waals surface area contributed by atoms with Gasteiger partial charge in [-0.3, -0.25) is 9.69 Å². The molecule has 5 heteroatoms. The number of carbonyl (C=O) groups excluding carboxylic acids is 1. The van der Waals surface area contributed by atoms with E-state index in [9.17, 15) is 4.79 Å². The van der Waals surface area contributed by atoms with Crippen molar-refractivity contribution in [3.05, 3.63) is 23.8 Å². The lowest BCUT2D eigenvalue weighted by molar-refractivity contribution is -0.126. The molecule has 2 rings (SSSR count). The van der Waals surface area contributed by atoms with Crippen LogP contribution in [0.15, 0.2) is 18.2 Å². The zero-order valence-corrected chi connectivity index (χ0v) is 13.2. The molecule has 3 atom stereocenters. The van der Waals surface area contributed by atoms with E-state index >= 15 is 0 Å². The molecule has 1 aromatic carbocycles. The smallest absolute Gasteiger partial charge is 0.241 e. The predicted octanol–water partition coefficient (Wildman–Crippen LogP) is 2.01. The van der Waals surface area contributed by atoms with Crippen LogP contribution in [0.25, 0.3) is 0 Å². The highest BCUT2D eigenvalue weighted by molar-refractivity contribution is 5.95. The number of nitrogens with zero attached hydrogens (tertiary/aromatic N) is 1. The maximum atomic E-state index is 12.5. The van der Waals surface area contributed by atoms with Crippen molar-refractivity contribution < 1.29 is 9.53 Å². The number of nitrogens with one attached hydrogen (secondary N) is 1. The van der Waals surface area contributed by atoms with Crippen LogP contribution >= 0.6 is 0 Å². The molecule has 5 nitrogen and oxygen atoms in total. The van der Waals surface area contributed by atoms with Gasteiger partial charge in [-0.05, 0) is 45.4 Å². The van der Waals surface area contributed by atoms with E-state index in [1.807, 2.05) is 39.8 Å². The van der Waals surface area contributed by atoms with Crippen molar-refractivity contribution in [1.82, 2.24) is 4.90 Å². The second-order valence-corrected chi connectivity index (χ2v) is 5.95. The second kappa shape index (κ2) is 6.45. The Morgan fingerprint density at radius 1 is 1.38 bits per heavy atom. The number of carbonyl (C=O) groups is 1. The van der Waals surface area contributed by atoms with Gasteiger partial charge in [0.05, 0.1) is 18.2 Å². The molecule has 0 bridgehead atoms. The number of rotatable bonds is 3. The Bertz CT molecular complexity index is 508. The largest absolute Gasteiger partial charge is 0.399 e. The van der Waals surface area contributed by atoms with Crippen LogP contribution in [0.3, 0.4) is 0 Å². The molecule has 1 heterocycles. The number of nitrogen functional groups attached to an aromatic ring is 1. The molecule has 0 radical (unpaired) electrons. The number of nitrogens with two attached hydrogens (primary N) is 1. The Morgan fingerprint density at radius 2 is 2.00 bits per heavy atom. The average Bonchev–Trinajstić information content (AvgIpc) is 2.41. The first-order chi connectivity index (χ1) is 9.86. The molecule has 1 fully saturated rings. The fourth-order valence-corrected chi connectivity index (χ4v) is 2.71. The van der Waals surface area contributed by atoms with Crippen LogP contribution < -0.4 is 11.1 Å². The third-order valence-electron chi connectivity index (χ3n) is 3.89. The summed E-state index contributed by atoms with van der Waals surface area (Å²) in [4.78, 5) is 14.6. The summed E-state index contributed by atoms with van der Waals surface area (Å²) in [6.07, 6.45) is 0.302. The Hall–Kier alpha value is -1.59. The van der Waals surface area contributed by atoms with E-state index < -0.39 is 0 Å². The molecule has 0 aromatic heterocycles. The summed E-state index contributed by atoms with van der Waals surface area (Å²) in [7, 11) is 0. The quantitative estimate of drug-likeness (QED) is 0.836. The third kappa shape index (κ3) is 3.95. The summed E-state index contributed by atoms with van der Waals surface area (Å²) >= 11 is 0. The molecule has 1 amide bonds. The monoisotopic (exact) mass is 291 g/mol. The van der Waals surface area contributed by atoms with E-state index in [-0.39, 0.29) is 24.2 Å². The average molecular weight is 291 g/mol. The van der Waals surface area contributed by atoms with Gasteiger partial charge in [0.25, 0.3) is 0 Å². The Balaban J connectivity index is 2.04. The maximum Gasteiger partial charge on any atom is 0.241 e. The fourth-order valence-electron chi connectivity index (χ4n) is 2.71. The standard InChI is InChI=1S/C16H25N3O2/c1-10-5-6-14(17)7-15(10)18-16(20)13(4)19-8-11(2)21-12(3)9-19/h5-7,11-13H,8-9,17H2,1-4H3,(H,18,20)/t11-,12+,13?. The summed E-state index contributed by atoms with van der Waals surface area (Å²) in [6.45, 7) is 9.51. The summed E-state index contributed by atoms with van der Waals surface area (Å²) in [5.41, 5.74) is 8.22. The molecule has 0 saturated carbocycles. The number of anilines is 2. The van der Waals surface area contributed by atoms with E-state index in [2.05, 4.69) is 10.2 Å². The Morgan fingerprint density at radius 3 is 2.62 bits per heavy atom. The molecule has 116 valence electrons. The van der Waals surface area contributed by atoms with Gasteiger partial charge >= 0.3 is 0 Å². The van der Waals surface area contributed by atoms with Crippen LogP contribution in [0.2, 0.25) is 0 Å². The van der Waals surface area contributed by atoms with E-state index in [1.165, 1.54) is 0 Å². The first-order valence-electron chi connectivity index (χ1n) is 7.43. The SMILES string of the molecule is Cc1ccc(N)cc1NC(=O)C(C)N1C[C@@H](C)O[C@@H](C)C1. The normalized spacial score (nSPS) is 24.6. The number of ether oxygens (including phenoxy) is 1. The molecule has 21 heavy (non-hydrogen) atoms. The van der Waals surface area contributed by atoms with Crippen molar-refractivity contribution in [1.29, 1.82) is 0 Å². The van der Waals surface area contributed by atoms with E-state index in [4.69, 9.17) is 10.5 Å². The molecular weight excluding hydrogens is 266 g/mol. The van der Waals surface area contributed by atoms with E-state index in [0.29, 0.717) is 5.69 Å². The lowest BCUT2D eigenvalue weighted by atomic mass is 10.1. The maximum absolute atomic E-state index is 12.5. The second-order valence-electron chi connectivity index (χ2n) is 5.95. The van der Waals surface area contributed by atoms with Crippen molar-refractivity contribution in [2.75, 3.05) is 24.1 Å². The van der Waals surface area contributed by atoms with Crippen LogP contribution in [-0.4, -0.2) is 42.1 Å². The topological polar surface area (TPSA) is 67.6 Å². The minimum atomic E-state index is -0.195. The summed E-state index contributed by atoms with van der Waals surface area (Å²) in [5.74, 6) is -0.00926. The molecule has 1 aliphatic heterocycles. The highest BCUT2D eigenvalue weighted by atomic mass is 16.5. The number of aryl methyl sites for hydroxylation is 1. The molecule has 0 spiro atoms. The highest BCUT2D eigenvalue weighted by Gasteiger charge is 2.29. The van der Waals surface area contributed by atoms with Crippen molar-refractivity contribution in [3.8, 4) is 0 Å². The van der Waals surface area contributed by atoms with Gasteiger partial charge in [-0.2, -0.15) is 0 Å².